The molecule has 2 aromatic carbocycles. The van der Waals surface area contributed by atoms with Crippen molar-refractivity contribution >= 4 is 29.3 Å². The van der Waals surface area contributed by atoms with Gasteiger partial charge in [0.25, 0.3) is 6.47 Å². The van der Waals surface area contributed by atoms with Gasteiger partial charge in [-0.25, -0.2) is 9.48 Å². The molecule has 0 radical (unpaired) electrons. The van der Waals surface area contributed by atoms with Crippen LogP contribution in [0.5, 0.6) is 0 Å². The van der Waals surface area contributed by atoms with Gasteiger partial charge in [0.1, 0.15) is 11.1 Å². The van der Waals surface area contributed by atoms with Crippen molar-refractivity contribution in [1.82, 2.24) is 20.4 Å². The summed E-state index contributed by atoms with van der Waals surface area (Å²) in [4.78, 5) is 38.0. The number of nitrogens with one attached hydrogen (secondary N) is 2. The van der Waals surface area contributed by atoms with Gasteiger partial charge >= 0.3 is 5.97 Å². The first-order valence-electron chi connectivity index (χ1n) is 11.8. The van der Waals surface area contributed by atoms with Crippen molar-refractivity contribution in [3.05, 3.63) is 59.8 Å². The van der Waals surface area contributed by atoms with Gasteiger partial charge in [-0.3, -0.25) is 9.59 Å². The van der Waals surface area contributed by atoms with Crippen LogP contribution < -0.4 is 16.5 Å². The van der Waals surface area contributed by atoms with Crippen molar-refractivity contribution in [2.24, 2.45) is 11.8 Å². The maximum Gasteiger partial charge on any atom is 0.358 e. The summed E-state index contributed by atoms with van der Waals surface area (Å²) in [5, 5.41) is 11.6. The van der Waals surface area contributed by atoms with Gasteiger partial charge in [-0.2, -0.15) is 11.0 Å². The van der Waals surface area contributed by atoms with E-state index in [0.717, 1.165) is 42.6 Å². The first-order chi connectivity index (χ1) is 17.2. The highest BCUT2D eigenvalue weighted by Crippen LogP contribution is 2.20. The number of nitrogens with two attached hydrogens (primary N) is 1. The highest BCUT2D eigenvalue weighted by Gasteiger charge is 2.20. The van der Waals surface area contributed by atoms with Crippen LogP contribution in [0.25, 0.3) is 16.6 Å². The molecule has 36 heavy (non-hydrogen) atoms. The van der Waals surface area contributed by atoms with Crippen LogP contribution in [0.3, 0.4) is 0 Å². The van der Waals surface area contributed by atoms with E-state index in [0.29, 0.717) is 24.1 Å². The largest absolute Gasteiger partial charge is 0.462 e. The SMILES string of the molecule is CC(C)(C)OC=O.NOC(=O)c1cccc2cn(-c3ccc(CNC(=O)C4CCCNC4)cc3)nc12. The molecule has 1 aromatic heterocycles. The van der Waals surface area contributed by atoms with E-state index in [1.165, 1.54) is 0 Å². The van der Waals surface area contributed by atoms with Crippen molar-refractivity contribution in [2.75, 3.05) is 13.1 Å². The zero-order valence-corrected chi connectivity index (χ0v) is 20.8. The summed E-state index contributed by atoms with van der Waals surface area (Å²) in [5.74, 6) is 4.53. The number of aromatic nitrogens is 2. The van der Waals surface area contributed by atoms with Crippen LogP contribution in [-0.4, -0.2) is 46.8 Å². The standard InChI is InChI=1S/C21H23N5O3.C5H10O2/c22-29-21(28)18-5-1-3-16-13-26(25-19(16)18)17-8-6-14(7-9-17)11-24-20(27)15-4-2-10-23-12-15;1-5(2,3)7-4-6/h1,3,5-9,13,15,23H,2,4,10-12,22H2,(H,24,27);4H,1-3H3. The Kier molecular flexibility index (Phi) is 9.15. The fourth-order valence-electron chi connectivity index (χ4n) is 3.73. The number of ether oxygens (including phenoxy) is 1. The highest BCUT2D eigenvalue weighted by molar-refractivity contribution is 6.02. The van der Waals surface area contributed by atoms with Gasteiger partial charge in [-0.1, -0.05) is 24.3 Å². The fourth-order valence-corrected chi connectivity index (χ4v) is 3.73. The average molecular weight is 496 g/mol. The quantitative estimate of drug-likeness (QED) is 0.351. The molecule has 1 fully saturated rings. The minimum absolute atomic E-state index is 0.0499. The van der Waals surface area contributed by atoms with Crippen molar-refractivity contribution in [1.29, 1.82) is 0 Å². The van der Waals surface area contributed by atoms with Gasteiger partial charge in [0.2, 0.25) is 5.91 Å². The lowest BCUT2D eigenvalue weighted by Crippen LogP contribution is -2.40. The Morgan fingerprint density at radius 2 is 1.97 bits per heavy atom. The lowest BCUT2D eigenvalue weighted by Gasteiger charge is -2.21. The number of piperidine rings is 1. The van der Waals surface area contributed by atoms with Crippen LogP contribution >= 0.6 is 0 Å². The maximum atomic E-state index is 12.3. The van der Waals surface area contributed by atoms with E-state index in [1.807, 2.05) is 57.3 Å². The number of hydrogen-bond donors (Lipinski definition) is 3. The minimum atomic E-state index is -0.625. The molecular formula is C26H33N5O5. The number of carbonyl (C=O) groups is 3. The minimum Gasteiger partial charge on any atom is -0.462 e. The number of hydrogen-bond acceptors (Lipinski definition) is 8. The van der Waals surface area contributed by atoms with Crippen molar-refractivity contribution in [3.63, 3.8) is 0 Å². The molecule has 10 nitrogen and oxygen atoms in total. The Hall–Kier alpha value is -3.76. The highest BCUT2D eigenvalue weighted by atomic mass is 16.7. The second-order valence-electron chi connectivity index (χ2n) is 9.48. The van der Waals surface area contributed by atoms with Crippen LogP contribution in [0.15, 0.2) is 48.7 Å². The molecule has 4 N–H and O–H groups in total. The molecule has 1 aliphatic heterocycles. The lowest BCUT2D eigenvalue weighted by molar-refractivity contribution is -0.138. The molecule has 1 amide bonds. The van der Waals surface area contributed by atoms with Crippen molar-refractivity contribution in [3.8, 4) is 5.69 Å². The van der Waals surface area contributed by atoms with Crippen molar-refractivity contribution < 1.29 is 24.0 Å². The smallest absolute Gasteiger partial charge is 0.358 e. The molecule has 0 saturated carbocycles. The molecular weight excluding hydrogens is 462 g/mol. The summed E-state index contributed by atoms with van der Waals surface area (Å²) in [6.07, 6.45) is 3.82. The summed E-state index contributed by atoms with van der Waals surface area (Å²) < 4.78 is 6.25. The molecule has 0 aliphatic carbocycles. The Bertz CT molecular complexity index is 1180. The molecule has 1 unspecified atom stereocenters. The zero-order valence-electron chi connectivity index (χ0n) is 20.8. The number of rotatable bonds is 6. The summed E-state index contributed by atoms with van der Waals surface area (Å²) in [6.45, 7) is 8.15. The number of amides is 1. The van der Waals surface area contributed by atoms with Crippen LogP contribution in [0, 0.1) is 5.92 Å². The summed E-state index contributed by atoms with van der Waals surface area (Å²) in [5.41, 5.74) is 2.39. The molecule has 2 heterocycles. The van der Waals surface area contributed by atoms with E-state index in [9.17, 15) is 14.4 Å². The topological polar surface area (TPSA) is 138 Å². The first kappa shape index (κ1) is 26.8. The Labute approximate surface area is 210 Å². The van der Waals surface area contributed by atoms with E-state index in [-0.39, 0.29) is 17.4 Å². The predicted molar refractivity (Wildman–Crippen MR) is 135 cm³/mol. The van der Waals surface area contributed by atoms with Crippen molar-refractivity contribution in [2.45, 2.75) is 45.8 Å². The lowest BCUT2D eigenvalue weighted by atomic mass is 9.99. The summed E-state index contributed by atoms with van der Waals surface area (Å²) in [7, 11) is 0. The number of nitrogens with zero attached hydrogens (tertiary/aromatic N) is 2. The normalized spacial score (nSPS) is 15.4. The molecule has 192 valence electrons. The van der Waals surface area contributed by atoms with E-state index < -0.39 is 5.97 Å². The fraction of sp³-hybridized carbons (Fsp3) is 0.385. The summed E-state index contributed by atoms with van der Waals surface area (Å²) in [6, 6.07) is 13.0. The van der Waals surface area contributed by atoms with Gasteiger partial charge in [0.05, 0.1) is 17.2 Å². The second-order valence-corrected chi connectivity index (χ2v) is 9.48. The zero-order chi connectivity index (χ0) is 26.1. The van der Waals surface area contributed by atoms with E-state index >= 15 is 0 Å². The maximum absolute atomic E-state index is 12.3. The third kappa shape index (κ3) is 7.37. The number of carbonyl (C=O) groups excluding carboxylic acids is 3. The molecule has 1 aliphatic rings. The Morgan fingerprint density at radius 3 is 2.56 bits per heavy atom. The molecule has 10 heteroatoms. The van der Waals surface area contributed by atoms with Crippen LogP contribution in [-0.2, 0) is 25.7 Å². The Balaban J connectivity index is 0.000000454. The van der Waals surface area contributed by atoms with E-state index in [2.05, 4.69) is 25.3 Å². The first-order valence-corrected chi connectivity index (χ1v) is 11.8. The van der Waals surface area contributed by atoms with Gasteiger partial charge in [-0.05, 0) is 63.9 Å². The molecule has 1 atom stereocenters. The monoisotopic (exact) mass is 495 g/mol. The number of benzene rings is 2. The predicted octanol–water partition coefficient (Wildman–Crippen LogP) is 2.63. The van der Waals surface area contributed by atoms with Gasteiger partial charge in [0, 0.05) is 24.7 Å². The van der Waals surface area contributed by atoms with Crippen LogP contribution in [0.4, 0.5) is 0 Å². The number of fused-ring (bicyclic) bond motifs is 1. The molecule has 1 saturated heterocycles. The van der Waals surface area contributed by atoms with E-state index in [1.54, 1.807) is 16.8 Å². The van der Waals surface area contributed by atoms with Crippen LogP contribution in [0.2, 0.25) is 0 Å². The Morgan fingerprint density at radius 1 is 1.22 bits per heavy atom. The second kappa shape index (κ2) is 12.3. The van der Waals surface area contributed by atoms with Gasteiger partial charge < -0.3 is 20.2 Å². The van der Waals surface area contributed by atoms with Crippen LogP contribution in [0.1, 0.15) is 49.5 Å². The average Bonchev–Trinajstić information content (AvgIpc) is 3.32. The molecule has 0 bridgehead atoms. The van der Waals surface area contributed by atoms with Gasteiger partial charge in [-0.15, -0.1) is 0 Å². The van der Waals surface area contributed by atoms with E-state index in [4.69, 9.17) is 5.90 Å². The van der Waals surface area contributed by atoms with Gasteiger partial charge in [0.15, 0.2) is 0 Å². The summed E-state index contributed by atoms with van der Waals surface area (Å²) >= 11 is 0. The third-order valence-electron chi connectivity index (χ3n) is 5.60. The molecule has 0 spiro atoms. The molecule has 3 aromatic rings. The molecule has 4 rings (SSSR count). The third-order valence-corrected chi connectivity index (χ3v) is 5.60.